The van der Waals surface area contributed by atoms with Crippen LogP contribution in [0.5, 0.6) is 0 Å². The molecule has 0 amide bonds. The van der Waals surface area contributed by atoms with E-state index in [1.165, 1.54) is 24.0 Å². The molecule has 3 N–H and O–H groups in total. The summed E-state index contributed by atoms with van der Waals surface area (Å²) in [6, 6.07) is 9.04. The maximum atomic E-state index is 11.0. The minimum atomic E-state index is -0.130. The average Bonchev–Trinajstić information content (AvgIpc) is 2.28. The van der Waals surface area contributed by atoms with Crippen molar-refractivity contribution in [1.82, 2.24) is 9.97 Å². The fourth-order valence-corrected chi connectivity index (χ4v) is 1.99. The van der Waals surface area contributed by atoms with Crippen LogP contribution in [0.2, 0.25) is 0 Å². The normalized spacial score (nSPS) is 10.2. The molecular weight excluding hydrogens is 222 g/mol. The zero-order valence-corrected chi connectivity index (χ0v) is 9.33. The van der Waals surface area contributed by atoms with E-state index in [0.29, 0.717) is 5.16 Å². The van der Waals surface area contributed by atoms with Gasteiger partial charge >= 0.3 is 0 Å². The minimum absolute atomic E-state index is 0.130. The van der Waals surface area contributed by atoms with Gasteiger partial charge in [0.15, 0.2) is 5.16 Å². The summed E-state index contributed by atoms with van der Waals surface area (Å²) in [6.45, 7) is 0. The fourth-order valence-electron chi connectivity index (χ4n) is 1.19. The van der Waals surface area contributed by atoms with Gasteiger partial charge in [0.25, 0.3) is 5.56 Å². The van der Waals surface area contributed by atoms with Crippen LogP contribution in [0.4, 0.5) is 5.69 Å². The second-order valence-electron chi connectivity index (χ2n) is 3.27. The van der Waals surface area contributed by atoms with Crippen LogP contribution in [0.15, 0.2) is 46.5 Å². The van der Waals surface area contributed by atoms with Crippen molar-refractivity contribution < 1.29 is 0 Å². The zero-order valence-electron chi connectivity index (χ0n) is 8.51. The van der Waals surface area contributed by atoms with Crippen molar-refractivity contribution in [2.75, 3.05) is 5.73 Å². The van der Waals surface area contributed by atoms with Crippen molar-refractivity contribution in [2.45, 2.75) is 10.9 Å². The van der Waals surface area contributed by atoms with Gasteiger partial charge in [-0.15, -0.1) is 0 Å². The van der Waals surface area contributed by atoms with Crippen LogP contribution < -0.4 is 11.3 Å². The highest BCUT2D eigenvalue weighted by Crippen LogP contribution is 2.18. The molecule has 0 saturated heterocycles. The van der Waals surface area contributed by atoms with Gasteiger partial charge in [0, 0.05) is 23.7 Å². The highest BCUT2D eigenvalue weighted by molar-refractivity contribution is 7.98. The number of thioether (sulfide) groups is 1. The van der Waals surface area contributed by atoms with Crippen LogP contribution >= 0.6 is 11.8 Å². The Labute approximate surface area is 96.9 Å². The van der Waals surface area contributed by atoms with Crippen LogP contribution in [0.3, 0.4) is 0 Å². The highest BCUT2D eigenvalue weighted by Gasteiger charge is 1.98. The van der Waals surface area contributed by atoms with Crippen molar-refractivity contribution in [3.8, 4) is 0 Å². The van der Waals surface area contributed by atoms with Gasteiger partial charge in [-0.25, -0.2) is 4.98 Å². The third-order valence-corrected chi connectivity index (χ3v) is 2.96. The number of nitrogens with one attached hydrogen (secondary N) is 1. The smallest absolute Gasteiger partial charge is 0.251 e. The number of aromatic amines is 1. The summed E-state index contributed by atoms with van der Waals surface area (Å²) in [7, 11) is 0. The first-order chi connectivity index (χ1) is 7.74. The molecular formula is C11H11N3OS. The maximum absolute atomic E-state index is 11.0. The van der Waals surface area contributed by atoms with Crippen LogP contribution in [-0.2, 0) is 5.75 Å². The molecule has 4 nitrogen and oxygen atoms in total. The van der Waals surface area contributed by atoms with Crippen LogP contribution in [0.25, 0.3) is 0 Å². The molecule has 0 aliphatic heterocycles. The summed E-state index contributed by atoms with van der Waals surface area (Å²) in [4.78, 5) is 17.7. The number of anilines is 1. The highest BCUT2D eigenvalue weighted by atomic mass is 32.2. The first kappa shape index (κ1) is 10.8. The third-order valence-electron chi connectivity index (χ3n) is 2.00. The number of benzene rings is 1. The molecule has 1 aromatic carbocycles. The number of rotatable bonds is 3. The van der Waals surface area contributed by atoms with E-state index in [-0.39, 0.29) is 5.56 Å². The van der Waals surface area contributed by atoms with E-state index in [1.54, 1.807) is 0 Å². The Bertz CT molecular complexity index is 521. The molecule has 0 saturated carbocycles. The van der Waals surface area contributed by atoms with Crippen molar-refractivity contribution in [3.05, 3.63) is 52.4 Å². The Kier molecular flexibility index (Phi) is 3.26. The molecule has 2 rings (SSSR count). The summed E-state index contributed by atoms with van der Waals surface area (Å²) in [5.74, 6) is 0.757. The maximum Gasteiger partial charge on any atom is 0.251 e. The summed E-state index contributed by atoms with van der Waals surface area (Å²) in [6.07, 6.45) is 1.50. The van der Waals surface area contributed by atoms with E-state index >= 15 is 0 Å². The molecule has 16 heavy (non-hydrogen) atoms. The molecule has 1 heterocycles. The minimum Gasteiger partial charge on any atom is -0.399 e. The third kappa shape index (κ3) is 2.87. The number of aromatic nitrogens is 2. The molecule has 0 unspecified atom stereocenters. The summed E-state index contributed by atoms with van der Waals surface area (Å²) in [5.41, 5.74) is 7.35. The van der Waals surface area contributed by atoms with Gasteiger partial charge in [-0.2, -0.15) is 0 Å². The molecule has 0 aliphatic rings. The lowest BCUT2D eigenvalue weighted by Crippen LogP contribution is -2.05. The van der Waals surface area contributed by atoms with Crippen LogP contribution in [-0.4, -0.2) is 9.97 Å². The number of H-pyrrole nitrogens is 1. The zero-order chi connectivity index (χ0) is 11.4. The number of nitrogen functional groups attached to an aromatic ring is 1. The topological polar surface area (TPSA) is 71.8 Å². The van der Waals surface area contributed by atoms with Gasteiger partial charge in [0.1, 0.15) is 0 Å². The quantitative estimate of drug-likeness (QED) is 0.480. The molecule has 1 aromatic heterocycles. The van der Waals surface area contributed by atoms with E-state index in [2.05, 4.69) is 9.97 Å². The fraction of sp³-hybridized carbons (Fsp3) is 0.0909. The summed E-state index contributed by atoms with van der Waals surface area (Å²) in [5, 5.41) is 0.629. The van der Waals surface area contributed by atoms with E-state index in [9.17, 15) is 4.79 Å². The first-order valence-corrected chi connectivity index (χ1v) is 5.75. The number of hydrogen-bond acceptors (Lipinski definition) is 4. The molecule has 0 spiro atoms. The van der Waals surface area contributed by atoms with Gasteiger partial charge < -0.3 is 10.7 Å². The Morgan fingerprint density at radius 3 is 2.69 bits per heavy atom. The van der Waals surface area contributed by atoms with E-state index < -0.39 is 0 Å². The first-order valence-electron chi connectivity index (χ1n) is 4.76. The molecule has 0 fully saturated rings. The molecule has 0 radical (unpaired) electrons. The SMILES string of the molecule is Nc1ccc(CSc2nccc(=O)[nH]2)cc1. The predicted molar refractivity (Wildman–Crippen MR) is 65.3 cm³/mol. The molecule has 82 valence electrons. The van der Waals surface area contributed by atoms with Crippen LogP contribution in [0, 0.1) is 0 Å². The van der Waals surface area contributed by atoms with Gasteiger partial charge in [0.05, 0.1) is 0 Å². The Morgan fingerprint density at radius 1 is 1.25 bits per heavy atom. The summed E-state index contributed by atoms with van der Waals surface area (Å²) < 4.78 is 0. The Hall–Kier alpha value is -1.75. The molecule has 0 aliphatic carbocycles. The van der Waals surface area contributed by atoms with Gasteiger partial charge in [-0.05, 0) is 17.7 Å². The summed E-state index contributed by atoms with van der Waals surface area (Å²) >= 11 is 1.49. The largest absolute Gasteiger partial charge is 0.399 e. The number of nitrogens with zero attached hydrogens (tertiary/aromatic N) is 1. The van der Waals surface area contributed by atoms with Crippen LogP contribution in [0.1, 0.15) is 5.56 Å². The van der Waals surface area contributed by atoms with Crippen molar-refractivity contribution in [2.24, 2.45) is 0 Å². The second kappa shape index (κ2) is 4.85. The van der Waals surface area contributed by atoms with Gasteiger partial charge in [-0.1, -0.05) is 23.9 Å². The van der Waals surface area contributed by atoms with Gasteiger partial charge in [-0.3, -0.25) is 4.79 Å². The Balaban J connectivity index is 2.02. The number of nitrogens with two attached hydrogens (primary N) is 1. The van der Waals surface area contributed by atoms with Gasteiger partial charge in [0.2, 0.25) is 0 Å². The predicted octanol–water partition coefficient (Wildman–Crippen LogP) is 1.64. The lowest BCUT2D eigenvalue weighted by atomic mass is 10.2. The average molecular weight is 233 g/mol. The lowest BCUT2D eigenvalue weighted by Gasteiger charge is -2.01. The van der Waals surface area contributed by atoms with Crippen molar-refractivity contribution in [1.29, 1.82) is 0 Å². The van der Waals surface area contributed by atoms with E-state index in [1.807, 2.05) is 24.3 Å². The monoisotopic (exact) mass is 233 g/mol. The standard InChI is InChI=1S/C11H11N3OS/c12-9-3-1-8(2-4-9)7-16-11-13-6-5-10(15)14-11/h1-6H,7,12H2,(H,13,14,15). The Morgan fingerprint density at radius 2 is 2.00 bits per heavy atom. The molecule has 0 bridgehead atoms. The lowest BCUT2D eigenvalue weighted by molar-refractivity contribution is 0.936. The molecule has 0 atom stereocenters. The second-order valence-corrected chi connectivity index (χ2v) is 4.23. The molecule has 2 aromatic rings. The van der Waals surface area contributed by atoms with Crippen molar-refractivity contribution in [3.63, 3.8) is 0 Å². The van der Waals surface area contributed by atoms with E-state index in [4.69, 9.17) is 5.73 Å². The van der Waals surface area contributed by atoms with Crippen molar-refractivity contribution >= 4 is 17.4 Å². The van der Waals surface area contributed by atoms with E-state index in [0.717, 1.165) is 17.0 Å². The molecule has 5 heteroatoms. The number of hydrogen-bond donors (Lipinski definition) is 2.